The molecule has 11 N–H and O–H groups in total. The van der Waals surface area contributed by atoms with Crippen LogP contribution in [0.1, 0.15) is 82.4 Å². The van der Waals surface area contributed by atoms with Crippen LogP contribution in [0, 0.1) is 11.8 Å². The van der Waals surface area contributed by atoms with Gasteiger partial charge in [0.15, 0.2) is 5.96 Å². The zero-order valence-electron chi connectivity index (χ0n) is 33.1. The van der Waals surface area contributed by atoms with E-state index in [0.717, 1.165) is 30.4 Å². The Kier molecular flexibility index (Phi) is 16.4. The molecule has 5 amide bonds. The summed E-state index contributed by atoms with van der Waals surface area (Å²) in [5, 5.41) is 21.3. The Morgan fingerprint density at radius 3 is 2.07 bits per heavy atom. The molecule has 2 aliphatic rings. The number of benzene rings is 2. The number of carbonyl (C=O) groups excluding carboxylic acids is 5. The fourth-order valence-corrected chi connectivity index (χ4v) is 7.46. The van der Waals surface area contributed by atoms with Crippen molar-refractivity contribution in [1.29, 1.82) is 0 Å². The summed E-state index contributed by atoms with van der Waals surface area (Å²) in [4.78, 5) is 87.4. The summed E-state index contributed by atoms with van der Waals surface area (Å²) in [6.07, 6.45) is 4.54. The number of nitrogens with one attached hydrogen (secondary N) is 4. The molecule has 0 bridgehead atoms. The van der Waals surface area contributed by atoms with Crippen molar-refractivity contribution >= 4 is 41.5 Å². The van der Waals surface area contributed by atoms with E-state index in [1.807, 2.05) is 30.3 Å². The number of hydrogen-bond acceptors (Lipinski definition) is 8. The van der Waals surface area contributed by atoms with Gasteiger partial charge in [-0.1, -0.05) is 87.7 Å². The molecule has 57 heavy (non-hydrogen) atoms. The van der Waals surface area contributed by atoms with Crippen molar-refractivity contribution in [3.05, 3.63) is 71.3 Å². The number of hydrogen-bond donors (Lipinski definition) is 8. The molecule has 2 aromatic rings. The Labute approximate surface area is 334 Å². The Hall–Kier alpha value is -5.51. The van der Waals surface area contributed by atoms with Gasteiger partial charge in [-0.2, -0.15) is 0 Å². The molecule has 1 unspecified atom stereocenters. The minimum absolute atomic E-state index is 0.0297. The first-order valence-electron chi connectivity index (χ1n) is 19.8. The number of rotatable bonds is 18. The predicted molar refractivity (Wildman–Crippen MR) is 215 cm³/mol. The van der Waals surface area contributed by atoms with Crippen molar-refractivity contribution in [3.63, 3.8) is 0 Å². The molecule has 1 saturated carbocycles. The van der Waals surface area contributed by atoms with Gasteiger partial charge < -0.3 is 48.5 Å². The summed E-state index contributed by atoms with van der Waals surface area (Å²) < 4.78 is 0. The average Bonchev–Trinajstić information content (AvgIpc) is 3.19. The number of fused-ring (bicyclic) bond motifs is 1. The molecule has 0 aromatic heterocycles. The van der Waals surface area contributed by atoms with Gasteiger partial charge in [0.2, 0.25) is 29.5 Å². The van der Waals surface area contributed by atoms with Gasteiger partial charge in [-0.3, -0.25) is 29.0 Å². The molecule has 1 fully saturated rings. The van der Waals surface area contributed by atoms with E-state index in [1.165, 1.54) is 11.8 Å². The Morgan fingerprint density at radius 2 is 1.46 bits per heavy atom. The molecule has 1 heterocycles. The second-order valence-corrected chi connectivity index (χ2v) is 15.5. The van der Waals surface area contributed by atoms with Crippen molar-refractivity contribution in [1.82, 2.24) is 26.2 Å². The summed E-state index contributed by atoms with van der Waals surface area (Å²) in [6.45, 7) is 5.25. The number of carboxylic acid groups (broad SMARTS) is 1. The lowest BCUT2D eigenvalue weighted by Crippen LogP contribution is -2.62. The predicted octanol–water partition coefficient (Wildman–Crippen LogP) is 0.844. The number of aliphatic imine (C=N–C) groups is 1. The second kappa shape index (κ2) is 21.1. The molecule has 1 aliphatic heterocycles. The van der Waals surface area contributed by atoms with E-state index < -0.39 is 71.8 Å². The minimum atomic E-state index is -1.27. The summed E-state index contributed by atoms with van der Waals surface area (Å²) in [7, 11) is 0. The third-order valence-electron chi connectivity index (χ3n) is 10.7. The van der Waals surface area contributed by atoms with Crippen molar-refractivity contribution < 1.29 is 33.9 Å². The monoisotopic (exact) mass is 789 g/mol. The van der Waals surface area contributed by atoms with E-state index in [9.17, 15) is 33.9 Å². The molecule has 1 aliphatic carbocycles. The smallest absolute Gasteiger partial charge is 0.326 e. The molecule has 0 radical (unpaired) electrons. The number of nitrogens with zero attached hydrogens (tertiary/aromatic N) is 2. The molecule has 2 aromatic carbocycles. The molecule has 6 atom stereocenters. The summed E-state index contributed by atoms with van der Waals surface area (Å²) in [6, 6.07) is 9.90. The van der Waals surface area contributed by atoms with E-state index in [1.54, 1.807) is 38.1 Å². The lowest BCUT2D eigenvalue weighted by Gasteiger charge is -2.39. The number of carboxylic acids is 1. The summed E-state index contributed by atoms with van der Waals surface area (Å²) >= 11 is 0. The van der Waals surface area contributed by atoms with Crippen LogP contribution < -0.4 is 38.5 Å². The highest BCUT2D eigenvalue weighted by Gasteiger charge is 2.41. The molecule has 16 nitrogen and oxygen atoms in total. The van der Waals surface area contributed by atoms with E-state index in [0.29, 0.717) is 18.4 Å². The summed E-state index contributed by atoms with van der Waals surface area (Å²) in [5.41, 5.74) is 19.2. The fourth-order valence-electron chi connectivity index (χ4n) is 7.46. The topological polar surface area (TPSA) is 264 Å². The van der Waals surface area contributed by atoms with Crippen molar-refractivity contribution in [2.75, 3.05) is 6.54 Å². The fraction of sp³-hybridized carbons (Fsp3) is 0.537. The molecule has 4 rings (SSSR count). The molecular formula is C41H59N9O7. The van der Waals surface area contributed by atoms with Gasteiger partial charge >= 0.3 is 5.97 Å². The Bertz CT molecular complexity index is 1740. The lowest BCUT2D eigenvalue weighted by atomic mass is 9.83. The van der Waals surface area contributed by atoms with Gasteiger partial charge in [0.25, 0.3) is 0 Å². The van der Waals surface area contributed by atoms with Crippen molar-refractivity contribution in [2.24, 2.45) is 34.0 Å². The van der Waals surface area contributed by atoms with Crippen LogP contribution in [0.2, 0.25) is 0 Å². The number of carbonyl (C=O) groups is 6. The number of aliphatic carboxylic acids is 1. The second-order valence-electron chi connectivity index (χ2n) is 15.5. The normalized spacial score (nSPS) is 18.1. The van der Waals surface area contributed by atoms with Crippen LogP contribution in [0.15, 0.2) is 59.6 Å². The third-order valence-corrected chi connectivity index (χ3v) is 10.7. The SMILES string of the molecule is CC(C)[C@H](NC(=O)[C@H](C)N)C(=O)NC(C(=O)N[C@@H](CCCN=C(N)N)C(=O)N1Cc2ccccc2C[C@H]1C(=O)N[C@@H](Cc1ccccc1)C(=O)O)C1CCCCC1. The van der Waals surface area contributed by atoms with Crippen molar-refractivity contribution in [3.8, 4) is 0 Å². The Morgan fingerprint density at radius 1 is 0.807 bits per heavy atom. The van der Waals surface area contributed by atoms with Gasteiger partial charge in [0.05, 0.1) is 6.04 Å². The maximum Gasteiger partial charge on any atom is 0.326 e. The maximum absolute atomic E-state index is 14.8. The molecule has 16 heteroatoms. The van der Waals surface area contributed by atoms with Crippen LogP contribution in [0.4, 0.5) is 0 Å². The maximum atomic E-state index is 14.8. The van der Waals surface area contributed by atoms with Crippen LogP contribution in [-0.2, 0) is 48.2 Å². The van der Waals surface area contributed by atoms with Gasteiger partial charge in [-0.25, -0.2) is 4.79 Å². The zero-order chi connectivity index (χ0) is 41.6. The number of guanidine groups is 1. The highest BCUT2D eigenvalue weighted by Crippen LogP contribution is 2.28. The van der Waals surface area contributed by atoms with Gasteiger partial charge in [-0.15, -0.1) is 0 Å². The van der Waals surface area contributed by atoms with E-state index in [2.05, 4.69) is 26.3 Å². The van der Waals surface area contributed by atoms with Crippen molar-refractivity contribution in [2.45, 2.75) is 121 Å². The first-order chi connectivity index (χ1) is 27.2. The van der Waals surface area contributed by atoms with E-state index in [4.69, 9.17) is 17.2 Å². The summed E-state index contributed by atoms with van der Waals surface area (Å²) in [5.74, 6) is -4.77. The van der Waals surface area contributed by atoms with Crippen LogP contribution >= 0.6 is 0 Å². The molecule has 0 spiro atoms. The van der Waals surface area contributed by atoms with Crippen LogP contribution in [0.5, 0.6) is 0 Å². The third kappa shape index (κ3) is 12.8. The van der Waals surface area contributed by atoms with Gasteiger partial charge in [0.1, 0.15) is 30.2 Å². The number of nitrogens with two attached hydrogens (primary N) is 3. The van der Waals surface area contributed by atoms with Crippen LogP contribution in [0.25, 0.3) is 0 Å². The lowest BCUT2D eigenvalue weighted by molar-refractivity contribution is -0.147. The minimum Gasteiger partial charge on any atom is -0.480 e. The molecule has 310 valence electrons. The van der Waals surface area contributed by atoms with Crippen LogP contribution in [-0.4, -0.2) is 94.3 Å². The zero-order valence-corrected chi connectivity index (χ0v) is 33.1. The standard InChI is InChI=1S/C41H59N9O7/c1-24(2)33(48-35(51)25(3)42)37(53)49-34(27-15-8-5-9-16-27)38(54)46-30(19-12-20-45-41(43)44)39(55)50-23-29-18-11-10-17-28(29)22-32(50)36(52)47-31(40(56)57)21-26-13-6-4-7-14-26/h4,6-7,10-11,13-14,17-18,24-25,27,30-34H,5,8-9,12,15-16,19-23,42H2,1-3H3,(H,46,54)(H,47,52)(H,48,51)(H,49,53)(H,56,57)(H4,43,44,45)/t25-,30-,31-,32-,33-,34?/m0/s1. The van der Waals surface area contributed by atoms with Gasteiger partial charge in [-0.05, 0) is 61.1 Å². The molecule has 0 saturated heterocycles. The van der Waals surface area contributed by atoms with Gasteiger partial charge in [0, 0.05) is 25.9 Å². The van der Waals surface area contributed by atoms with E-state index >= 15 is 0 Å². The largest absolute Gasteiger partial charge is 0.480 e. The highest BCUT2D eigenvalue weighted by molar-refractivity contribution is 5.97. The highest BCUT2D eigenvalue weighted by atomic mass is 16.4. The quantitative estimate of drug-likeness (QED) is 0.0600. The van der Waals surface area contributed by atoms with Crippen LogP contribution in [0.3, 0.4) is 0 Å². The average molecular weight is 790 g/mol. The van der Waals surface area contributed by atoms with E-state index in [-0.39, 0.29) is 56.6 Å². The first-order valence-corrected chi connectivity index (χ1v) is 19.8. The molecular weight excluding hydrogens is 731 g/mol. The number of amides is 5. The Balaban J connectivity index is 1.65. The first kappa shape index (κ1) is 44.2.